The number of phenols is 1. The molecule has 0 radical (unpaired) electrons. The summed E-state index contributed by atoms with van der Waals surface area (Å²) in [6.07, 6.45) is 3.67. The Hall–Kier alpha value is -2.97. The lowest BCUT2D eigenvalue weighted by Gasteiger charge is -2.28. The second-order valence-electron chi connectivity index (χ2n) is 10.1. The summed E-state index contributed by atoms with van der Waals surface area (Å²) in [5.74, 6) is 0.0976. The molecule has 0 spiro atoms. The van der Waals surface area contributed by atoms with Gasteiger partial charge in [-0.3, -0.25) is 4.79 Å². The van der Waals surface area contributed by atoms with Crippen molar-refractivity contribution in [2.75, 3.05) is 0 Å². The maximum absolute atomic E-state index is 13.7. The molecule has 3 aromatic rings. The van der Waals surface area contributed by atoms with Crippen molar-refractivity contribution < 1.29 is 9.90 Å². The van der Waals surface area contributed by atoms with Gasteiger partial charge in [0.05, 0.1) is 10.5 Å². The summed E-state index contributed by atoms with van der Waals surface area (Å²) in [5, 5.41) is 22.4. The molecule has 0 aliphatic carbocycles. The minimum atomic E-state index is -0.330. The minimum Gasteiger partial charge on any atom is -0.507 e. The third kappa shape index (κ3) is 5.08. The van der Waals surface area contributed by atoms with Crippen molar-refractivity contribution in [3.8, 4) is 11.2 Å². The van der Waals surface area contributed by atoms with Gasteiger partial charge in [-0.2, -0.15) is 5.26 Å². The Bertz CT molecular complexity index is 1140. The molecule has 0 amide bonds. The van der Waals surface area contributed by atoms with Crippen molar-refractivity contribution in [3.05, 3.63) is 82.7 Å². The largest absolute Gasteiger partial charge is 0.507 e. The molecule has 3 rings (SSSR count). The van der Waals surface area contributed by atoms with Crippen LogP contribution >= 0.6 is 11.8 Å². The molecule has 1 N–H and O–H groups in total. The van der Waals surface area contributed by atoms with E-state index in [2.05, 4.69) is 5.40 Å². The number of carbonyl (C=O) groups is 1. The Labute approximate surface area is 194 Å². The summed E-state index contributed by atoms with van der Waals surface area (Å²) in [4.78, 5) is 14.3. The van der Waals surface area contributed by atoms with Gasteiger partial charge in [-0.1, -0.05) is 71.9 Å². The topological polar surface area (TPSA) is 66.0 Å². The smallest absolute Gasteiger partial charge is 0.195 e. The summed E-state index contributed by atoms with van der Waals surface area (Å²) < 4.78 is 1.94. The first kappa shape index (κ1) is 23.7. The van der Waals surface area contributed by atoms with Gasteiger partial charge in [0.1, 0.15) is 11.2 Å². The SMILES string of the molecule is CC(C)(C)c1cc(C(=O)c2cn(Cc3ccccc3)cc2SC#N)cc(C(C)(C)C)c1O. The number of rotatable bonds is 5. The van der Waals surface area contributed by atoms with E-state index in [1.165, 1.54) is 0 Å². The van der Waals surface area contributed by atoms with Crippen LogP contribution < -0.4 is 0 Å². The van der Waals surface area contributed by atoms with Crippen molar-refractivity contribution >= 4 is 17.5 Å². The lowest BCUT2D eigenvalue weighted by atomic mass is 9.78. The van der Waals surface area contributed by atoms with Crippen molar-refractivity contribution in [2.24, 2.45) is 0 Å². The summed E-state index contributed by atoms with van der Waals surface area (Å²) in [6, 6.07) is 13.6. The summed E-state index contributed by atoms with van der Waals surface area (Å²) in [7, 11) is 0. The fourth-order valence-corrected chi connectivity index (χ4v) is 4.28. The molecule has 4 nitrogen and oxygen atoms in total. The van der Waals surface area contributed by atoms with E-state index in [1.807, 2.05) is 88.8 Å². The first-order valence-corrected chi connectivity index (χ1v) is 11.5. The molecule has 0 fully saturated rings. The second-order valence-corrected chi connectivity index (χ2v) is 11.0. The van der Waals surface area contributed by atoms with Crippen LogP contribution in [0.2, 0.25) is 0 Å². The maximum atomic E-state index is 13.7. The monoisotopic (exact) mass is 446 g/mol. The molecular weight excluding hydrogens is 416 g/mol. The molecule has 0 aliphatic rings. The molecule has 1 aromatic heterocycles. The van der Waals surface area contributed by atoms with Gasteiger partial charge in [0.2, 0.25) is 0 Å². The van der Waals surface area contributed by atoms with Gasteiger partial charge in [-0.05, 0) is 40.3 Å². The summed E-state index contributed by atoms with van der Waals surface area (Å²) >= 11 is 0.993. The first-order valence-electron chi connectivity index (χ1n) is 10.6. The van der Waals surface area contributed by atoms with Crippen LogP contribution in [-0.2, 0) is 17.4 Å². The third-order valence-electron chi connectivity index (χ3n) is 5.44. The Kier molecular flexibility index (Phi) is 6.57. The predicted molar refractivity (Wildman–Crippen MR) is 130 cm³/mol. The van der Waals surface area contributed by atoms with Crippen LogP contribution in [0, 0.1) is 10.7 Å². The Morgan fingerprint density at radius 2 is 1.56 bits per heavy atom. The molecule has 0 bridgehead atoms. The molecule has 0 saturated carbocycles. The van der Waals surface area contributed by atoms with Gasteiger partial charge in [-0.25, -0.2) is 0 Å². The normalized spacial score (nSPS) is 11.9. The Morgan fingerprint density at radius 3 is 2.06 bits per heavy atom. The fraction of sp³-hybridized carbons (Fsp3) is 0.333. The predicted octanol–water partition coefficient (Wildman–Crippen LogP) is 6.64. The van der Waals surface area contributed by atoms with E-state index in [0.29, 0.717) is 22.6 Å². The van der Waals surface area contributed by atoms with Crippen molar-refractivity contribution in [3.63, 3.8) is 0 Å². The number of nitriles is 1. The number of phenolic OH excluding ortho intramolecular Hbond substituents is 1. The zero-order valence-electron chi connectivity index (χ0n) is 19.6. The number of aromatic hydroxyl groups is 1. The van der Waals surface area contributed by atoms with Gasteiger partial charge >= 0.3 is 0 Å². The highest BCUT2D eigenvalue weighted by molar-refractivity contribution is 8.03. The second kappa shape index (κ2) is 8.88. The molecule has 1 heterocycles. The zero-order chi connectivity index (χ0) is 23.7. The van der Waals surface area contributed by atoms with Crippen LogP contribution in [0.15, 0.2) is 59.8 Å². The molecule has 0 saturated heterocycles. The highest BCUT2D eigenvalue weighted by Gasteiger charge is 2.29. The molecule has 0 unspecified atom stereocenters. The van der Waals surface area contributed by atoms with Crippen molar-refractivity contribution in [1.82, 2.24) is 4.57 Å². The molecule has 2 aromatic carbocycles. The minimum absolute atomic E-state index is 0.148. The van der Waals surface area contributed by atoms with Gasteiger partial charge in [0.25, 0.3) is 0 Å². The van der Waals surface area contributed by atoms with Crippen LogP contribution in [-0.4, -0.2) is 15.5 Å². The average Bonchev–Trinajstić information content (AvgIpc) is 3.09. The van der Waals surface area contributed by atoms with E-state index < -0.39 is 0 Å². The molecular formula is C27H30N2O2S. The van der Waals surface area contributed by atoms with Gasteiger partial charge in [0.15, 0.2) is 5.78 Å². The van der Waals surface area contributed by atoms with E-state index in [4.69, 9.17) is 0 Å². The third-order valence-corrected chi connectivity index (χ3v) is 6.08. The van der Waals surface area contributed by atoms with Crippen molar-refractivity contribution in [1.29, 1.82) is 5.26 Å². The fourth-order valence-electron chi connectivity index (χ4n) is 3.74. The zero-order valence-corrected chi connectivity index (χ0v) is 20.4. The van der Waals surface area contributed by atoms with Crippen LogP contribution in [0.1, 0.15) is 74.2 Å². The summed E-state index contributed by atoms with van der Waals surface area (Å²) in [5.41, 5.74) is 2.96. The van der Waals surface area contributed by atoms with Gasteiger partial charge in [-0.15, -0.1) is 0 Å². The Morgan fingerprint density at radius 1 is 1.00 bits per heavy atom. The van der Waals surface area contributed by atoms with E-state index in [9.17, 15) is 15.2 Å². The number of carbonyl (C=O) groups excluding carboxylic acids is 1. The number of hydrogen-bond donors (Lipinski definition) is 1. The molecule has 32 heavy (non-hydrogen) atoms. The highest BCUT2D eigenvalue weighted by Crippen LogP contribution is 2.40. The van der Waals surface area contributed by atoms with E-state index in [1.54, 1.807) is 12.1 Å². The number of aromatic nitrogens is 1. The molecule has 0 atom stereocenters. The standard InChI is InChI=1S/C27H30N2O2S/c1-26(2,3)21-12-19(13-22(25(21)31)27(4,5)6)24(30)20-15-29(16-23(20)32-17-28)14-18-10-8-7-9-11-18/h7-13,15-16,31H,14H2,1-6H3. The first-order chi connectivity index (χ1) is 14.9. The molecule has 5 heteroatoms. The van der Waals surface area contributed by atoms with E-state index in [0.717, 1.165) is 28.5 Å². The number of ketones is 1. The highest BCUT2D eigenvalue weighted by atomic mass is 32.2. The number of nitrogens with zero attached hydrogens (tertiary/aromatic N) is 2. The van der Waals surface area contributed by atoms with Gasteiger partial charge < -0.3 is 9.67 Å². The maximum Gasteiger partial charge on any atom is 0.195 e. The van der Waals surface area contributed by atoms with E-state index >= 15 is 0 Å². The lowest BCUT2D eigenvalue weighted by molar-refractivity contribution is 0.103. The average molecular weight is 447 g/mol. The van der Waals surface area contributed by atoms with E-state index in [-0.39, 0.29) is 22.4 Å². The van der Waals surface area contributed by atoms with Gasteiger partial charge in [0, 0.05) is 35.6 Å². The summed E-state index contributed by atoms with van der Waals surface area (Å²) in [6.45, 7) is 12.8. The molecule has 166 valence electrons. The quantitative estimate of drug-likeness (QED) is 0.271. The number of thiocyanates is 1. The number of thioether (sulfide) groups is 1. The van der Waals surface area contributed by atoms with Crippen LogP contribution in [0.5, 0.6) is 5.75 Å². The van der Waals surface area contributed by atoms with Crippen LogP contribution in [0.25, 0.3) is 0 Å². The molecule has 0 aliphatic heterocycles. The van der Waals surface area contributed by atoms with Crippen LogP contribution in [0.3, 0.4) is 0 Å². The van der Waals surface area contributed by atoms with Crippen LogP contribution in [0.4, 0.5) is 0 Å². The Balaban J connectivity index is 2.11. The lowest BCUT2D eigenvalue weighted by Crippen LogP contribution is -2.19. The number of hydrogen-bond acceptors (Lipinski definition) is 4. The number of benzene rings is 2. The van der Waals surface area contributed by atoms with Crippen molar-refractivity contribution in [2.45, 2.75) is 63.8 Å².